The van der Waals surface area contributed by atoms with E-state index >= 15 is 0 Å². The van der Waals surface area contributed by atoms with Crippen molar-refractivity contribution in [1.82, 2.24) is 10.3 Å². The molecule has 0 radical (unpaired) electrons. The Morgan fingerprint density at radius 3 is 2.65 bits per heavy atom. The van der Waals surface area contributed by atoms with E-state index in [1.807, 2.05) is 10.9 Å². The van der Waals surface area contributed by atoms with Crippen LogP contribution in [-0.2, 0) is 10.0 Å². The second-order valence-electron chi connectivity index (χ2n) is 2.85. The molecule has 0 heterocycles. The highest BCUT2D eigenvalue weighted by Gasteiger charge is 2.15. The standard InChI is InChI=1S/C8H7ClN4O2S2/c9-7-3-6(2-1-5(7)4-10)17(14,15)13-12-8(11)16/h1-3,13H,(H3,11,12,16). The number of nitrogens with one attached hydrogen (secondary N) is 2. The van der Waals surface area contributed by atoms with Crippen LogP contribution in [-0.4, -0.2) is 13.5 Å². The van der Waals surface area contributed by atoms with Crippen LogP contribution >= 0.6 is 23.8 Å². The van der Waals surface area contributed by atoms with Crippen LogP contribution in [0.15, 0.2) is 23.1 Å². The Morgan fingerprint density at radius 2 is 2.18 bits per heavy atom. The Labute approximate surface area is 108 Å². The van der Waals surface area contributed by atoms with Gasteiger partial charge in [0.25, 0.3) is 10.0 Å². The van der Waals surface area contributed by atoms with Crippen molar-refractivity contribution in [2.75, 3.05) is 0 Å². The number of sulfonamides is 1. The molecule has 17 heavy (non-hydrogen) atoms. The molecule has 0 aliphatic carbocycles. The highest BCUT2D eigenvalue weighted by atomic mass is 35.5. The van der Waals surface area contributed by atoms with Gasteiger partial charge in [-0.25, -0.2) is 8.42 Å². The van der Waals surface area contributed by atoms with Gasteiger partial charge in [0.1, 0.15) is 6.07 Å². The predicted molar refractivity (Wildman–Crippen MR) is 66.4 cm³/mol. The van der Waals surface area contributed by atoms with E-state index in [-0.39, 0.29) is 20.6 Å². The zero-order chi connectivity index (χ0) is 13.1. The van der Waals surface area contributed by atoms with E-state index in [0.717, 1.165) is 6.07 Å². The third-order valence-electron chi connectivity index (χ3n) is 1.68. The molecule has 0 aromatic heterocycles. The molecule has 0 saturated carbocycles. The largest absolute Gasteiger partial charge is 0.375 e. The van der Waals surface area contributed by atoms with Crippen LogP contribution in [0.1, 0.15) is 5.56 Å². The average molecular weight is 291 g/mol. The van der Waals surface area contributed by atoms with Gasteiger partial charge in [0, 0.05) is 0 Å². The number of nitrogens with two attached hydrogens (primary N) is 1. The maximum absolute atomic E-state index is 11.7. The SMILES string of the molecule is N#Cc1ccc(S(=O)(=O)NNC(N)=S)cc1Cl. The quantitative estimate of drug-likeness (QED) is 0.543. The van der Waals surface area contributed by atoms with E-state index in [1.54, 1.807) is 0 Å². The van der Waals surface area contributed by atoms with Crippen molar-refractivity contribution in [3.8, 4) is 6.07 Å². The number of benzene rings is 1. The molecule has 1 aromatic carbocycles. The van der Waals surface area contributed by atoms with Crippen LogP contribution in [0.2, 0.25) is 5.02 Å². The molecule has 0 aliphatic rings. The fourth-order valence-corrected chi connectivity index (χ4v) is 2.22. The number of thiocarbonyl (C=S) groups is 1. The van der Waals surface area contributed by atoms with Crippen LogP contribution in [0.3, 0.4) is 0 Å². The molecule has 0 amide bonds. The lowest BCUT2D eigenvalue weighted by molar-refractivity contribution is 0.577. The number of hydrogen-bond donors (Lipinski definition) is 3. The fourth-order valence-electron chi connectivity index (χ4n) is 0.930. The number of hydrazine groups is 1. The summed E-state index contributed by atoms with van der Waals surface area (Å²) in [6, 6.07) is 5.52. The van der Waals surface area contributed by atoms with Crippen molar-refractivity contribution in [3.05, 3.63) is 28.8 Å². The summed E-state index contributed by atoms with van der Waals surface area (Å²) < 4.78 is 23.3. The van der Waals surface area contributed by atoms with Crippen molar-refractivity contribution in [3.63, 3.8) is 0 Å². The Morgan fingerprint density at radius 1 is 1.53 bits per heavy atom. The lowest BCUT2D eigenvalue weighted by atomic mass is 10.2. The van der Waals surface area contributed by atoms with Crippen molar-refractivity contribution in [2.24, 2.45) is 5.73 Å². The van der Waals surface area contributed by atoms with Crippen molar-refractivity contribution in [2.45, 2.75) is 4.90 Å². The molecule has 0 aliphatic heterocycles. The van der Waals surface area contributed by atoms with E-state index in [2.05, 4.69) is 17.6 Å². The topological polar surface area (TPSA) is 108 Å². The summed E-state index contributed by atoms with van der Waals surface area (Å²) in [6.07, 6.45) is 0. The highest BCUT2D eigenvalue weighted by Crippen LogP contribution is 2.19. The summed E-state index contributed by atoms with van der Waals surface area (Å²) in [5, 5.41) is 8.48. The van der Waals surface area contributed by atoms with Gasteiger partial charge in [0.2, 0.25) is 0 Å². The minimum absolute atomic E-state index is 0.0469. The summed E-state index contributed by atoms with van der Waals surface area (Å²) in [4.78, 5) is 1.85. The number of rotatable bonds is 3. The highest BCUT2D eigenvalue weighted by molar-refractivity contribution is 7.89. The van der Waals surface area contributed by atoms with Gasteiger partial charge in [-0.3, -0.25) is 5.43 Å². The molecule has 0 saturated heterocycles. The third kappa shape index (κ3) is 3.54. The van der Waals surface area contributed by atoms with Crippen LogP contribution < -0.4 is 16.0 Å². The second-order valence-corrected chi connectivity index (χ2v) is 5.38. The number of hydrogen-bond acceptors (Lipinski definition) is 4. The van der Waals surface area contributed by atoms with Crippen molar-refractivity contribution in [1.29, 1.82) is 5.26 Å². The lowest BCUT2D eigenvalue weighted by Crippen LogP contribution is -2.44. The summed E-state index contributed by atoms with van der Waals surface area (Å²) >= 11 is 10.2. The monoisotopic (exact) mass is 290 g/mol. The number of nitrogens with zero attached hydrogens (tertiary/aromatic N) is 1. The lowest BCUT2D eigenvalue weighted by Gasteiger charge is -2.08. The average Bonchev–Trinajstić information content (AvgIpc) is 2.26. The first-order valence-corrected chi connectivity index (χ1v) is 6.40. The zero-order valence-corrected chi connectivity index (χ0v) is 10.7. The van der Waals surface area contributed by atoms with E-state index < -0.39 is 10.0 Å². The summed E-state index contributed by atoms with van der Waals surface area (Å²) in [5.74, 6) is 0. The first kappa shape index (κ1) is 13.7. The van der Waals surface area contributed by atoms with Crippen molar-refractivity contribution < 1.29 is 8.42 Å². The van der Waals surface area contributed by atoms with E-state index in [4.69, 9.17) is 22.6 Å². The normalized spacial score (nSPS) is 10.6. The minimum atomic E-state index is -3.83. The molecular formula is C8H7ClN4O2S2. The van der Waals surface area contributed by atoms with Gasteiger partial charge in [-0.05, 0) is 30.4 Å². The molecule has 1 aromatic rings. The molecular weight excluding hydrogens is 284 g/mol. The number of nitriles is 1. The van der Waals surface area contributed by atoms with Crippen LogP contribution in [0.25, 0.3) is 0 Å². The third-order valence-corrected chi connectivity index (χ3v) is 3.34. The summed E-state index contributed by atoms with van der Waals surface area (Å²) in [7, 11) is -3.83. The second kappa shape index (κ2) is 5.29. The Balaban J connectivity index is 3.05. The number of halogens is 1. The van der Waals surface area contributed by atoms with Gasteiger partial charge in [0.15, 0.2) is 5.11 Å². The van der Waals surface area contributed by atoms with Gasteiger partial charge in [-0.1, -0.05) is 11.6 Å². The maximum atomic E-state index is 11.7. The van der Waals surface area contributed by atoms with Gasteiger partial charge in [-0.2, -0.15) is 5.26 Å². The first-order valence-electron chi connectivity index (χ1n) is 4.14. The van der Waals surface area contributed by atoms with Crippen molar-refractivity contribution >= 4 is 39.0 Å². The van der Waals surface area contributed by atoms with E-state index in [0.29, 0.717) is 0 Å². The fraction of sp³-hybridized carbons (Fsp3) is 0. The van der Waals surface area contributed by atoms with Crippen LogP contribution in [0.4, 0.5) is 0 Å². The molecule has 0 fully saturated rings. The van der Waals surface area contributed by atoms with E-state index in [1.165, 1.54) is 12.1 Å². The zero-order valence-electron chi connectivity index (χ0n) is 8.27. The molecule has 0 atom stereocenters. The molecule has 0 bridgehead atoms. The van der Waals surface area contributed by atoms with Gasteiger partial charge >= 0.3 is 0 Å². The molecule has 9 heteroatoms. The maximum Gasteiger partial charge on any atom is 0.257 e. The van der Waals surface area contributed by atoms with Gasteiger partial charge < -0.3 is 5.73 Å². The molecule has 1 rings (SSSR count). The Kier molecular flexibility index (Phi) is 4.25. The molecule has 4 N–H and O–H groups in total. The summed E-state index contributed by atoms with van der Waals surface area (Å²) in [5.41, 5.74) is 7.36. The molecule has 6 nitrogen and oxygen atoms in total. The van der Waals surface area contributed by atoms with E-state index in [9.17, 15) is 8.42 Å². The predicted octanol–water partition coefficient (Wildman–Crippen LogP) is 0.238. The summed E-state index contributed by atoms with van der Waals surface area (Å²) in [6.45, 7) is 0. The molecule has 0 spiro atoms. The minimum Gasteiger partial charge on any atom is -0.375 e. The van der Waals surface area contributed by atoms with Gasteiger partial charge in [-0.15, -0.1) is 4.83 Å². The molecule has 0 unspecified atom stereocenters. The smallest absolute Gasteiger partial charge is 0.257 e. The molecule has 90 valence electrons. The Bertz CT molecular complexity index is 594. The Hall–Kier alpha value is -1.40. The first-order chi connectivity index (χ1) is 7.86. The van der Waals surface area contributed by atoms with Crippen LogP contribution in [0, 0.1) is 11.3 Å². The van der Waals surface area contributed by atoms with Gasteiger partial charge in [0.05, 0.1) is 15.5 Å². The van der Waals surface area contributed by atoms with Crippen LogP contribution in [0.5, 0.6) is 0 Å².